The summed E-state index contributed by atoms with van der Waals surface area (Å²) < 4.78 is 5.79. The third kappa shape index (κ3) is 1.09. The lowest BCUT2D eigenvalue weighted by Crippen LogP contribution is -2.22. The quantitative estimate of drug-likeness (QED) is 0.599. The van der Waals surface area contributed by atoms with Crippen molar-refractivity contribution in [2.24, 2.45) is 0 Å². The number of hydrogen-bond acceptors (Lipinski definition) is 1. The molecule has 0 amide bonds. The first kappa shape index (κ1) is 7.86. The maximum absolute atomic E-state index is 5.79. The maximum atomic E-state index is 5.79. The molecular weight excluding hydrogens is 172 g/mol. The van der Waals surface area contributed by atoms with E-state index in [1.54, 1.807) is 0 Å². The molecule has 2 aliphatic carbocycles. The minimum atomic E-state index is 0.972. The summed E-state index contributed by atoms with van der Waals surface area (Å²) in [4.78, 5) is 0. The fraction of sp³-hybridized carbons (Fsp3) is 0.231. The van der Waals surface area contributed by atoms with Crippen molar-refractivity contribution in [3.05, 3.63) is 40.2 Å². The second-order valence-corrected chi connectivity index (χ2v) is 3.70. The average Bonchev–Trinajstić information content (AvgIpc) is 2.42. The number of fused-ring (bicyclic) bond motifs is 3. The van der Waals surface area contributed by atoms with Crippen molar-refractivity contribution in [3.8, 4) is 0 Å². The third-order valence-corrected chi connectivity index (χ3v) is 2.78. The highest BCUT2D eigenvalue weighted by Gasteiger charge is 2.11. The van der Waals surface area contributed by atoms with Crippen LogP contribution >= 0.6 is 0 Å². The molecular formula is C13H12O. The molecule has 0 atom stereocenters. The molecule has 0 aromatic carbocycles. The van der Waals surface area contributed by atoms with E-state index in [0.29, 0.717) is 0 Å². The van der Waals surface area contributed by atoms with Crippen LogP contribution in [0.15, 0.2) is 22.6 Å². The van der Waals surface area contributed by atoms with E-state index in [-0.39, 0.29) is 0 Å². The lowest BCUT2D eigenvalue weighted by molar-refractivity contribution is 0.517. The Balaban J connectivity index is 2.39. The predicted molar refractivity (Wildman–Crippen MR) is 58.0 cm³/mol. The van der Waals surface area contributed by atoms with E-state index < -0.39 is 0 Å². The normalized spacial score (nSPS) is 17.7. The van der Waals surface area contributed by atoms with Crippen LogP contribution < -0.4 is 10.6 Å². The van der Waals surface area contributed by atoms with Gasteiger partial charge in [0.2, 0.25) is 0 Å². The summed E-state index contributed by atoms with van der Waals surface area (Å²) in [5.41, 5.74) is 2.43. The molecule has 1 nitrogen and oxygen atoms in total. The molecule has 0 spiro atoms. The summed E-state index contributed by atoms with van der Waals surface area (Å²) in [6.07, 6.45) is 16.1. The molecule has 0 saturated carbocycles. The Morgan fingerprint density at radius 1 is 1.21 bits per heavy atom. The number of hydrogen-bond donors (Lipinski definition) is 0. The molecule has 1 heterocycles. The Labute approximate surface area is 82.7 Å². The van der Waals surface area contributed by atoms with Crippen LogP contribution in [0, 0.1) is 0 Å². The van der Waals surface area contributed by atoms with E-state index in [2.05, 4.69) is 36.5 Å². The molecule has 0 aliphatic heterocycles. The smallest absolute Gasteiger partial charge is 0.131 e. The monoisotopic (exact) mass is 184 g/mol. The molecule has 0 saturated heterocycles. The van der Waals surface area contributed by atoms with Crippen molar-refractivity contribution in [3.63, 3.8) is 0 Å². The lowest BCUT2D eigenvalue weighted by Gasteiger charge is -2.01. The largest absolute Gasteiger partial charge is 0.457 e. The fourth-order valence-electron chi connectivity index (χ4n) is 2.08. The summed E-state index contributed by atoms with van der Waals surface area (Å²) in [6.45, 7) is 0. The van der Waals surface area contributed by atoms with E-state index in [0.717, 1.165) is 30.4 Å². The van der Waals surface area contributed by atoms with Gasteiger partial charge in [0.25, 0.3) is 0 Å². The van der Waals surface area contributed by atoms with Gasteiger partial charge in [-0.1, -0.05) is 24.3 Å². The van der Waals surface area contributed by atoms with Crippen LogP contribution in [0.1, 0.15) is 24.2 Å². The zero-order chi connectivity index (χ0) is 9.38. The summed E-state index contributed by atoms with van der Waals surface area (Å²) in [7, 11) is 0. The second kappa shape index (κ2) is 3.02. The molecule has 0 radical (unpaired) electrons. The Morgan fingerprint density at radius 3 is 3.21 bits per heavy atom. The van der Waals surface area contributed by atoms with Crippen molar-refractivity contribution in [2.45, 2.75) is 19.3 Å². The molecule has 3 rings (SSSR count). The third-order valence-electron chi connectivity index (χ3n) is 2.78. The van der Waals surface area contributed by atoms with Gasteiger partial charge < -0.3 is 4.42 Å². The van der Waals surface area contributed by atoms with Crippen LogP contribution in [-0.2, 0) is 6.42 Å². The molecule has 1 aromatic heterocycles. The zero-order valence-electron chi connectivity index (χ0n) is 7.99. The minimum absolute atomic E-state index is 0.972. The molecule has 0 N–H and O–H groups in total. The first-order valence-electron chi connectivity index (χ1n) is 5.10. The van der Waals surface area contributed by atoms with Gasteiger partial charge in [-0.15, -0.1) is 0 Å². The summed E-state index contributed by atoms with van der Waals surface area (Å²) in [6, 6.07) is 0. The minimum Gasteiger partial charge on any atom is -0.457 e. The summed E-state index contributed by atoms with van der Waals surface area (Å²) >= 11 is 0. The van der Waals surface area contributed by atoms with Crippen molar-refractivity contribution < 1.29 is 4.42 Å². The predicted octanol–water partition coefficient (Wildman–Crippen LogP) is 1.76. The first-order chi connectivity index (χ1) is 6.95. The SMILES string of the molecule is C1=CCC=c2oc3c(c2=C1)CCC=C3. The van der Waals surface area contributed by atoms with Crippen LogP contribution in [0.3, 0.4) is 0 Å². The van der Waals surface area contributed by atoms with Crippen molar-refractivity contribution in [1.82, 2.24) is 0 Å². The van der Waals surface area contributed by atoms with Gasteiger partial charge in [0.1, 0.15) is 11.2 Å². The van der Waals surface area contributed by atoms with Crippen LogP contribution in [0.2, 0.25) is 0 Å². The molecule has 70 valence electrons. The number of allylic oxidation sites excluding steroid dienone is 3. The Morgan fingerprint density at radius 2 is 2.21 bits per heavy atom. The summed E-state index contributed by atoms with van der Waals surface area (Å²) in [5, 5.41) is 1.29. The van der Waals surface area contributed by atoms with Crippen LogP contribution in [-0.4, -0.2) is 0 Å². The highest BCUT2D eigenvalue weighted by molar-refractivity contribution is 5.55. The van der Waals surface area contributed by atoms with Gasteiger partial charge in [-0.25, -0.2) is 0 Å². The Kier molecular flexibility index (Phi) is 1.69. The van der Waals surface area contributed by atoms with E-state index >= 15 is 0 Å². The molecule has 1 heteroatoms. The van der Waals surface area contributed by atoms with Crippen molar-refractivity contribution >= 4 is 18.2 Å². The van der Waals surface area contributed by atoms with E-state index in [4.69, 9.17) is 4.42 Å². The van der Waals surface area contributed by atoms with Crippen LogP contribution in [0.5, 0.6) is 0 Å². The van der Waals surface area contributed by atoms with Gasteiger partial charge in [-0.3, -0.25) is 0 Å². The molecule has 1 aromatic rings. The van der Waals surface area contributed by atoms with Gasteiger partial charge in [0.05, 0.1) is 0 Å². The topological polar surface area (TPSA) is 13.1 Å². The maximum Gasteiger partial charge on any atom is 0.131 e. The van der Waals surface area contributed by atoms with Gasteiger partial charge in [-0.05, 0) is 31.4 Å². The Bertz CT molecular complexity index is 526. The van der Waals surface area contributed by atoms with Crippen molar-refractivity contribution in [1.29, 1.82) is 0 Å². The number of rotatable bonds is 0. The highest BCUT2D eigenvalue weighted by atomic mass is 16.3. The Hall–Kier alpha value is -1.50. The van der Waals surface area contributed by atoms with E-state index in [1.165, 1.54) is 10.8 Å². The second-order valence-electron chi connectivity index (χ2n) is 3.70. The van der Waals surface area contributed by atoms with Gasteiger partial charge in [-0.2, -0.15) is 0 Å². The molecule has 14 heavy (non-hydrogen) atoms. The van der Waals surface area contributed by atoms with Gasteiger partial charge >= 0.3 is 0 Å². The van der Waals surface area contributed by atoms with Gasteiger partial charge in [0, 0.05) is 10.8 Å². The molecule has 0 unspecified atom stereocenters. The average molecular weight is 184 g/mol. The number of furan rings is 1. The molecule has 0 bridgehead atoms. The fourth-order valence-corrected chi connectivity index (χ4v) is 2.08. The molecule has 2 aliphatic rings. The van der Waals surface area contributed by atoms with Gasteiger partial charge in [0.15, 0.2) is 0 Å². The first-order valence-corrected chi connectivity index (χ1v) is 5.10. The standard InChI is InChI=1S/C13H12O/c1-2-6-10-11-7-4-5-9-13(11)14-12(10)8-3-1/h1-2,5-6,8-9H,3-4,7H2. The molecule has 0 fully saturated rings. The van der Waals surface area contributed by atoms with Crippen LogP contribution in [0.4, 0.5) is 0 Å². The highest BCUT2D eigenvalue weighted by Crippen LogP contribution is 2.14. The summed E-state index contributed by atoms with van der Waals surface area (Å²) in [5.74, 6) is 1.06. The van der Waals surface area contributed by atoms with Crippen LogP contribution in [0.25, 0.3) is 18.2 Å². The van der Waals surface area contributed by atoms with E-state index in [1.807, 2.05) is 0 Å². The lowest BCUT2D eigenvalue weighted by atomic mass is 10.0. The zero-order valence-corrected chi connectivity index (χ0v) is 7.99. The van der Waals surface area contributed by atoms with E-state index in [9.17, 15) is 0 Å². The van der Waals surface area contributed by atoms with Crippen molar-refractivity contribution in [2.75, 3.05) is 0 Å².